The number of rotatable bonds is 8. The molecule has 0 saturated heterocycles. The highest BCUT2D eigenvalue weighted by atomic mass is 19.4. The van der Waals surface area contributed by atoms with Crippen molar-refractivity contribution in [3.8, 4) is 0 Å². The number of hydrogen-bond donors (Lipinski definition) is 3. The predicted molar refractivity (Wildman–Crippen MR) is 149 cm³/mol. The summed E-state index contributed by atoms with van der Waals surface area (Å²) in [6, 6.07) is 31.1. The SMILES string of the molecule is Nc1ccc2c(c1)/C(=C(/Nc1ccc(CN(Cc3ccccc3)CC(F)(F)F)cc1)c1ccccc1)C(=O)N2. The standard InChI is InChI=1S/C31H27F3N4O/c32-31(33,34)20-38(18-21-7-3-1-4-8-21)19-22-11-14-25(15-12-22)36-29(23-9-5-2-6-10-23)28-26-17-24(35)13-16-27(26)37-30(28)39/h1-17,36H,18-20,35H2,(H,37,39)/b29-28-. The third-order valence-electron chi connectivity index (χ3n) is 6.38. The molecule has 0 radical (unpaired) electrons. The van der Waals surface area contributed by atoms with Crippen LogP contribution < -0.4 is 16.4 Å². The molecule has 0 atom stereocenters. The summed E-state index contributed by atoms with van der Waals surface area (Å²) in [4.78, 5) is 14.4. The van der Waals surface area contributed by atoms with E-state index in [-0.39, 0.29) is 19.0 Å². The van der Waals surface area contributed by atoms with Gasteiger partial charge in [0.1, 0.15) is 0 Å². The predicted octanol–water partition coefficient (Wildman–Crippen LogP) is 6.77. The minimum atomic E-state index is -4.31. The van der Waals surface area contributed by atoms with Gasteiger partial charge in [0.05, 0.1) is 17.8 Å². The quantitative estimate of drug-likeness (QED) is 0.174. The van der Waals surface area contributed by atoms with Gasteiger partial charge in [0, 0.05) is 35.7 Å². The van der Waals surface area contributed by atoms with Crippen LogP contribution in [-0.4, -0.2) is 23.5 Å². The number of nitrogen functional groups attached to an aromatic ring is 1. The number of carbonyl (C=O) groups is 1. The molecule has 5 rings (SSSR count). The number of nitrogens with one attached hydrogen (secondary N) is 2. The van der Waals surface area contributed by atoms with Gasteiger partial charge in [-0.2, -0.15) is 13.2 Å². The number of benzene rings is 4. The number of anilines is 3. The van der Waals surface area contributed by atoms with Crippen molar-refractivity contribution in [2.45, 2.75) is 19.3 Å². The van der Waals surface area contributed by atoms with Gasteiger partial charge in [-0.1, -0.05) is 72.8 Å². The summed E-state index contributed by atoms with van der Waals surface area (Å²) < 4.78 is 39.9. The Morgan fingerprint density at radius 1 is 0.821 bits per heavy atom. The lowest BCUT2D eigenvalue weighted by Crippen LogP contribution is -2.33. The van der Waals surface area contributed by atoms with E-state index in [1.54, 1.807) is 42.5 Å². The second kappa shape index (κ2) is 11.0. The summed E-state index contributed by atoms with van der Waals surface area (Å²) in [5.74, 6) is -0.248. The maximum atomic E-state index is 13.3. The summed E-state index contributed by atoms with van der Waals surface area (Å²) in [7, 11) is 0. The molecule has 1 heterocycles. The third kappa shape index (κ3) is 6.48. The molecular formula is C31H27F3N4O. The fourth-order valence-electron chi connectivity index (χ4n) is 4.68. The molecule has 39 heavy (non-hydrogen) atoms. The van der Waals surface area contributed by atoms with Crippen LogP contribution in [0.1, 0.15) is 22.3 Å². The van der Waals surface area contributed by atoms with Crippen LogP contribution in [0.4, 0.5) is 30.2 Å². The molecule has 1 aliphatic heterocycles. The zero-order valence-corrected chi connectivity index (χ0v) is 21.0. The highest BCUT2D eigenvalue weighted by Gasteiger charge is 2.31. The minimum Gasteiger partial charge on any atom is -0.399 e. The fourth-order valence-corrected chi connectivity index (χ4v) is 4.68. The van der Waals surface area contributed by atoms with Crippen molar-refractivity contribution in [2.75, 3.05) is 22.9 Å². The highest BCUT2D eigenvalue weighted by Crippen LogP contribution is 2.38. The Balaban J connectivity index is 1.42. The lowest BCUT2D eigenvalue weighted by molar-refractivity contribution is -0.148. The molecule has 198 valence electrons. The first kappa shape index (κ1) is 26.1. The Kier molecular flexibility index (Phi) is 7.38. The first-order valence-corrected chi connectivity index (χ1v) is 12.4. The second-order valence-electron chi connectivity index (χ2n) is 9.44. The molecule has 0 saturated carbocycles. The van der Waals surface area contributed by atoms with Crippen LogP contribution in [0.15, 0.2) is 103 Å². The minimum absolute atomic E-state index is 0.135. The van der Waals surface area contributed by atoms with Crippen LogP contribution in [0.5, 0.6) is 0 Å². The van der Waals surface area contributed by atoms with E-state index < -0.39 is 12.7 Å². The zero-order valence-electron chi connectivity index (χ0n) is 21.0. The fraction of sp³-hybridized carbons (Fsp3) is 0.129. The summed E-state index contributed by atoms with van der Waals surface area (Å²) in [6.07, 6.45) is -4.31. The van der Waals surface area contributed by atoms with Crippen LogP contribution in [-0.2, 0) is 17.9 Å². The first-order valence-electron chi connectivity index (χ1n) is 12.4. The van der Waals surface area contributed by atoms with Gasteiger partial charge in [-0.3, -0.25) is 9.69 Å². The number of fused-ring (bicyclic) bond motifs is 1. The third-order valence-corrected chi connectivity index (χ3v) is 6.38. The van der Waals surface area contributed by atoms with E-state index in [1.807, 2.05) is 60.7 Å². The maximum absolute atomic E-state index is 13.3. The number of carbonyl (C=O) groups excluding carboxylic acids is 1. The Labute approximate surface area is 224 Å². The van der Waals surface area contributed by atoms with Crippen molar-refractivity contribution < 1.29 is 18.0 Å². The number of alkyl halides is 3. The highest BCUT2D eigenvalue weighted by molar-refractivity contribution is 6.37. The van der Waals surface area contributed by atoms with Crippen molar-refractivity contribution in [3.05, 3.63) is 125 Å². The van der Waals surface area contributed by atoms with E-state index in [2.05, 4.69) is 10.6 Å². The summed E-state index contributed by atoms with van der Waals surface area (Å²) in [5.41, 5.74) is 12.1. The first-order chi connectivity index (χ1) is 18.7. The molecule has 0 aliphatic carbocycles. The van der Waals surface area contributed by atoms with E-state index in [4.69, 9.17) is 5.73 Å². The molecule has 4 N–H and O–H groups in total. The number of hydrogen-bond acceptors (Lipinski definition) is 4. The van der Waals surface area contributed by atoms with Crippen LogP contribution in [0.2, 0.25) is 0 Å². The van der Waals surface area contributed by atoms with Gasteiger partial charge in [0.15, 0.2) is 0 Å². The van der Waals surface area contributed by atoms with Gasteiger partial charge < -0.3 is 16.4 Å². The van der Waals surface area contributed by atoms with Crippen LogP contribution in [0, 0.1) is 0 Å². The molecule has 4 aromatic rings. The van der Waals surface area contributed by atoms with E-state index in [0.29, 0.717) is 33.9 Å². The monoisotopic (exact) mass is 528 g/mol. The molecular weight excluding hydrogens is 501 g/mol. The van der Waals surface area contributed by atoms with Crippen molar-refractivity contribution in [1.82, 2.24) is 4.90 Å². The Bertz CT molecular complexity index is 1480. The lowest BCUT2D eigenvalue weighted by atomic mass is 9.99. The van der Waals surface area contributed by atoms with Crippen molar-refractivity contribution in [2.24, 2.45) is 0 Å². The Morgan fingerprint density at radius 2 is 1.44 bits per heavy atom. The van der Waals surface area contributed by atoms with E-state index in [9.17, 15) is 18.0 Å². The van der Waals surface area contributed by atoms with Crippen LogP contribution in [0.25, 0.3) is 11.3 Å². The molecule has 0 spiro atoms. The summed E-state index contributed by atoms with van der Waals surface area (Å²) >= 11 is 0. The maximum Gasteiger partial charge on any atom is 0.401 e. The van der Waals surface area contributed by atoms with Gasteiger partial charge in [-0.15, -0.1) is 0 Å². The average Bonchev–Trinajstić information content (AvgIpc) is 3.23. The molecule has 8 heteroatoms. The van der Waals surface area contributed by atoms with Gasteiger partial charge >= 0.3 is 6.18 Å². The summed E-state index contributed by atoms with van der Waals surface area (Å²) in [6.45, 7) is -0.692. The van der Waals surface area contributed by atoms with E-state index in [1.165, 1.54) is 4.90 Å². The Morgan fingerprint density at radius 3 is 2.08 bits per heavy atom. The van der Waals surface area contributed by atoms with E-state index in [0.717, 1.165) is 16.7 Å². The molecule has 0 aromatic heterocycles. The van der Waals surface area contributed by atoms with Gasteiger partial charge in [-0.25, -0.2) is 0 Å². The average molecular weight is 529 g/mol. The van der Waals surface area contributed by atoms with Crippen molar-refractivity contribution in [3.63, 3.8) is 0 Å². The van der Waals surface area contributed by atoms with Gasteiger partial charge in [0.25, 0.3) is 5.91 Å². The van der Waals surface area contributed by atoms with Gasteiger partial charge in [0.2, 0.25) is 0 Å². The topological polar surface area (TPSA) is 70.4 Å². The number of halogens is 3. The molecule has 1 amide bonds. The molecule has 0 fully saturated rings. The van der Waals surface area contributed by atoms with Crippen LogP contribution in [0.3, 0.4) is 0 Å². The van der Waals surface area contributed by atoms with E-state index >= 15 is 0 Å². The van der Waals surface area contributed by atoms with Crippen molar-refractivity contribution in [1.29, 1.82) is 0 Å². The molecule has 4 aromatic carbocycles. The lowest BCUT2D eigenvalue weighted by Gasteiger charge is -2.24. The Hall–Kier alpha value is -4.56. The van der Waals surface area contributed by atoms with Crippen molar-refractivity contribution >= 4 is 34.2 Å². The molecule has 5 nitrogen and oxygen atoms in total. The number of amides is 1. The van der Waals surface area contributed by atoms with Crippen LogP contribution >= 0.6 is 0 Å². The molecule has 1 aliphatic rings. The number of nitrogens with two attached hydrogens (primary N) is 1. The molecule has 0 bridgehead atoms. The smallest absolute Gasteiger partial charge is 0.399 e. The van der Waals surface area contributed by atoms with Gasteiger partial charge in [-0.05, 0) is 47.0 Å². The molecule has 0 unspecified atom stereocenters. The normalized spacial score (nSPS) is 14.2. The largest absolute Gasteiger partial charge is 0.401 e. The summed E-state index contributed by atoms with van der Waals surface area (Å²) in [5, 5.41) is 6.26. The number of nitrogens with zero attached hydrogens (tertiary/aromatic N) is 1. The second-order valence-corrected chi connectivity index (χ2v) is 9.44. The zero-order chi connectivity index (χ0) is 27.4.